The molecule has 0 radical (unpaired) electrons. The van der Waals surface area contributed by atoms with E-state index in [2.05, 4.69) is 17.0 Å². The molecule has 2 aliphatic rings. The summed E-state index contributed by atoms with van der Waals surface area (Å²) in [5.41, 5.74) is 8.80. The van der Waals surface area contributed by atoms with Crippen molar-refractivity contribution in [2.75, 3.05) is 40.4 Å². The van der Waals surface area contributed by atoms with Gasteiger partial charge in [0.2, 0.25) is 11.8 Å². The Labute approximate surface area is 189 Å². The number of nitrogens with zero attached hydrogens (tertiary/aromatic N) is 2. The number of nitrogens with two attached hydrogens (primary N) is 1. The first-order valence-corrected chi connectivity index (χ1v) is 11.1. The molecule has 2 aromatic carbocycles. The van der Waals surface area contributed by atoms with Gasteiger partial charge in [-0.25, -0.2) is 0 Å². The first kappa shape index (κ1) is 22.1. The molecule has 0 saturated carbocycles. The molecule has 1 fully saturated rings. The van der Waals surface area contributed by atoms with Crippen LogP contribution in [0, 0.1) is 5.92 Å². The lowest BCUT2D eigenvalue weighted by Gasteiger charge is -2.40. The van der Waals surface area contributed by atoms with Crippen molar-refractivity contribution in [2.24, 2.45) is 11.7 Å². The lowest BCUT2D eigenvalue weighted by Crippen LogP contribution is -2.49. The molecule has 4 rings (SSSR count). The van der Waals surface area contributed by atoms with Crippen LogP contribution < -0.4 is 15.2 Å². The van der Waals surface area contributed by atoms with Crippen molar-refractivity contribution in [3.05, 3.63) is 59.2 Å². The van der Waals surface area contributed by atoms with E-state index in [1.54, 1.807) is 14.2 Å². The highest BCUT2D eigenvalue weighted by Gasteiger charge is 2.34. The predicted octanol–water partition coefficient (Wildman–Crippen LogP) is 2.38. The molecule has 7 heteroatoms. The Kier molecular flexibility index (Phi) is 6.65. The molecule has 2 amide bonds. The minimum atomic E-state index is -0.280. The highest BCUT2D eigenvalue weighted by atomic mass is 16.5. The Morgan fingerprint density at radius 2 is 1.78 bits per heavy atom. The first-order valence-electron chi connectivity index (χ1n) is 11.1. The fourth-order valence-electron chi connectivity index (χ4n) is 4.92. The van der Waals surface area contributed by atoms with E-state index in [0.29, 0.717) is 24.6 Å². The van der Waals surface area contributed by atoms with Crippen molar-refractivity contribution < 1.29 is 19.1 Å². The minimum Gasteiger partial charge on any atom is -0.493 e. The maximum absolute atomic E-state index is 13.5. The van der Waals surface area contributed by atoms with Crippen LogP contribution in [0.4, 0.5) is 0 Å². The molecule has 2 atom stereocenters. The third-order valence-electron chi connectivity index (χ3n) is 6.58. The summed E-state index contributed by atoms with van der Waals surface area (Å²) in [6.07, 6.45) is 2.42. The van der Waals surface area contributed by atoms with Crippen LogP contribution in [0.15, 0.2) is 42.5 Å². The van der Waals surface area contributed by atoms with Crippen LogP contribution in [-0.4, -0.2) is 62.0 Å². The van der Waals surface area contributed by atoms with Crippen molar-refractivity contribution >= 4 is 11.8 Å². The van der Waals surface area contributed by atoms with Gasteiger partial charge in [0.25, 0.3) is 0 Å². The van der Waals surface area contributed by atoms with E-state index in [9.17, 15) is 9.59 Å². The molecule has 0 aliphatic carbocycles. The fourth-order valence-corrected chi connectivity index (χ4v) is 4.92. The smallest absolute Gasteiger partial charge is 0.237 e. The molecule has 0 aromatic heterocycles. The van der Waals surface area contributed by atoms with E-state index in [0.717, 1.165) is 42.5 Å². The number of likely N-dealkylation sites (tertiary alicyclic amines) is 1. The highest BCUT2D eigenvalue weighted by molar-refractivity contribution is 5.80. The minimum absolute atomic E-state index is 0.0596. The highest BCUT2D eigenvalue weighted by Crippen LogP contribution is 2.41. The zero-order valence-corrected chi connectivity index (χ0v) is 18.8. The number of primary amides is 1. The number of amides is 2. The van der Waals surface area contributed by atoms with Gasteiger partial charge in [0, 0.05) is 13.1 Å². The van der Waals surface area contributed by atoms with E-state index in [4.69, 9.17) is 15.2 Å². The Hall–Kier alpha value is -3.06. The van der Waals surface area contributed by atoms with Crippen LogP contribution in [0.1, 0.15) is 35.6 Å². The van der Waals surface area contributed by atoms with Gasteiger partial charge < -0.3 is 20.1 Å². The quantitative estimate of drug-likeness (QED) is 0.750. The molecule has 0 bridgehead atoms. The molecular weight excluding hydrogens is 406 g/mol. The van der Waals surface area contributed by atoms with Gasteiger partial charge in [-0.15, -0.1) is 0 Å². The Balaban J connectivity index is 1.65. The topological polar surface area (TPSA) is 85.1 Å². The van der Waals surface area contributed by atoms with Crippen molar-refractivity contribution in [1.29, 1.82) is 0 Å². The summed E-state index contributed by atoms with van der Waals surface area (Å²) >= 11 is 0. The van der Waals surface area contributed by atoms with Gasteiger partial charge in [0.15, 0.2) is 11.5 Å². The summed E-state index contributed by atoms with van der Waals surface area (Å²) < 4.78 is 11.1. The van der Waals surface area contributed by atoms with Gasteiger partial charge in [0.05, 0.1) is 32.7 Å². The van der Waals surface area contributed by atoms with E-state index in [-0.39, 0.29) is 30.3 Å². The summed E-state index contributed by atoms with van der Waals surface area (Å²) in [5, 5.41) is 0. The van der Waals surface area contributed by atoms with Crippen LogP contribution >= 0.6 is 0 Å². The summed E-state index contributed by atoms with van der Waals surface area (Å²) in [6, 6.07) is 13.9. The lowest BCUT2D eigenvalue weighted by molar-refractivity contribution is -0.136. The van der Waals surface area contributed by atoms with Gasteiger partial charge in [-0.2, -0.15) is 0 Å². The number of hydrogen-bond donors (Lipinski definition) is 1. The number of hydrogen-bond acceptors (Lipinski definition) is 5. The molecule has 1 saturated heterocycles. The second kappa shape index (κ2) is 9.61. The largest absolute Gasteiger partial charge is 0.493 e. The molecule has 0 spiro atoms. The third-order valence-corrected chi connectivity index (χ3v) is 6.58. The second-order valence-corrected chi connectivity index (χ2v) is 8.53. The zero-order valence-electron chi connectivity index (χ0n) is 18.8. The molecule has 7 nitrogen and oxygen atoms in total. The third kappa shape index (κ3) is 4.43. The Morgan fingerprint density at radius 3 is 2.47 bits per heavy atom. The average molecular weight is 438 g/mol. The standard InChI is InChI=1S/C25H31N3O4/c1-31-21-13-18-10-12-28(23(29)16-27-11-6-9-19(15-27)25(26)30)24(17-7-4-3-5-8-17)20(18)14-22(21)32-2/h3-5,7-8,13-14,19,24H,6,9-12,15-16H2,1-2H3,(H2,26,30)/t19-,24+/m0/s1. The van der Waals surface area contributed by atoms with Crippen LogP contribution in [0.5, 0.6) is 11.5 Å². The first-order chi connectivity index (χ1) is 15.5. The number of ether oxygens (including phenoxy) is 2. The SMILES string of the molecule is COc1cc2c(cc1OC)[C@@H](c1ccccc1)N(C(=O)CN1CCC[C@H](C(N)=O)C1)CC2. The van der Waals surface area contributed by atoms with Crippen molar-refractivity contribution in [3.63, 3.8) is 0 Å². The van der Waals surface area contributed by atoms with Gasteiger partial charge in [-0.3, -0.25) is 14.5 Å². The number of carbonyl (C=O) groups is 2. The molecule has 2 N–H and O–H groups in total. The maximum Gasteiger partial charge on any atom is 0.237 e. The number of methoxy groups -OCH3 is 2. The van der Waals surface area contributed by atoms with E-state index in [1.165, 1.54) is 0 Å². The molecular formula is C25H31N3O4. The van der Waals surface area contributed by atoms with Crippen LogP contribution in [0.25, 0.3) is 0 Å². The van der Waals surface area contributed by atoms with Crippen molar-refractivity contribution in [1.82, 2.24) is 9.80 Å². The van der Waals surface area contributed by atoms with E-state index >= 15 is 0 Å². The zero-order chi connectivity index (χ0) is 22.7. The summed E-state index contributed by atoms with van der Waals surface area (Å²) in [4.78, 5) is 29.2. The number of carbonyl (C=O) groups excluding carboxylic acids is 2. The number of fused-ring (bicyclic) bond motifs is 1. The summed E-state index contributed by atoms with van der Waals surface area (Å²) in [5.74, 6) is 0.951. The van der Waals surface area contributed by atoms with Crippen LogP contribution in [-0.2, 0) is 16.0 Å². The maximum atomic E-state index is 13.5. The second-order valence-electron chi connectivity index (χ2n) is 8.53. The molecule has 0 unspecified atom stereocenters. The van der Waals surface area contributed by atoms with E-state index < -0.39 is 0 Å². The fraction of sp³-hybridized carbons (Fsp3) is 0.440. The predicted molar refractivity (Wildman–Crippen MR) is 122 cm³/mol. The number of benzene rings is 2. The van der Waals surface area contributed by atoms with E-state index in [1.807, 2.05) is 35.2 Å². The lowest BCUT2D eigenvalue weighted by atomic mass is 9.87. The Bertz CT molecular complexity index is 979. The van der Waals surface area contributed by atoms with Gasteiger partial charge >= 0.3 is 0 Å². The molecule has 32 heavy (non-hydrogen) atoms. The van der Waals surface area contributed by atoms with Gasteiger partial charge in [0.1, 0.15) is 0 Å². The molecule has 2 aliphatic heterocycles. The average Bonchev–Trinajstić information content (AvgIpc) is 2.82. The van der Waals surface area contributed by atoms with Crippen LogP contribution in [0.2, 0.25) is 0 Å². The molecule has 170 valence electrons. The summed E-state index contributed by atoms with van der Waals surface area (Å²) in [6.45, 7) is 2.26. The normalized spacial score (nSPS) is 21.0. The summed E-state index contributed by atoms with van der Waals surface area (Å²) in [7, 11) is 3.26. The Morgan fingerprint density at radius 1 is 1.06 bits per heavy atom. The van der Waals surface area contributed by atoms with Crippen molar-refractivity contribution in [3.8, 4) is 11.5 Å². The number of rotatable bonds is 6. The monoisotopic (exact) mass is 437 g/mol. The van der Waals surface area contributed by atoms with Gasteiger partial charge in [-0.1, -0.05) is 30.3 Å². The molecule has 2 aromatic rings. The van der Waals surface area contributed by atoms with Gasteiger partial charge in [-0.05, 0) is 54.6 Å². The van der Waals surface area contributed by atoms with Crippen molar-refractivity contribution in [2.45, 2.75) is 25.3 Å². The van der Waals surface area contributed by atoms with Crippen LogP contribution in [0.3, 0.4) is 0 Å². The number of piperidine rings is 1. The molecule has 2 heterocycles.